The minimum absolute atomic E-state index is 0.0208. The first-order chi connectivity index (χ1) is 8.63. The Bertz CT molecular complexity index is 556. The van der Waals surface area contributed by atoms with E-state index in [0.717, 1.165) is 12.1 Å². The van der Waals surface area contributed by atoms with Gasteiger partial charge in [-0.05, 0) is 19.9 Å². The molecule has 0 unspecified atom stereocenters. The maximum Gasteiger partial charge on any atom is 0.328 e. The van der Waals surface area contributed by atoms with Crippen LogP contribution in [0.3, 0.4) is 0 Å². The first kappa shape index (κ1) is 14.9. The number of halogens is 1. The van der Waals surface area contributed by atoms with Crippen LogP contribution < -0.4 is 5.32 Å². The van der Waals surface area contributed by atoms with E-state index in [2.05, 4.69) is 5.32 Å². The molecule has 0 spiro atoms. The summed E-state index contributed by atoms with van der Waals surface area (Å²) in [4.78, 5) is 32.7. The van der Waals surface area contributed by atoms with Gasteiger partial charge in [-0.3, -0.25) is 14.9 Å². The molecule has 1 rings (SSSR count). The number of nitro groups is 1. The van der Waals surface area contributed by atoms with Gasteiger partial charge in [0.25, 0.3) is 11.6 Å². The molecule has 0 heterocycles. The Morgan fingerprint density at radius 1 is 1.37 bits per heavy atom. The Labute approximate surface area is 113 Å². The zero-order valence-corrected chi connectivity index (χ0v) is 10.9. The van der Waals surface area contributed by atoms with Crippen molar-refractivity contribution in [2.24, 2.45) is 0 Å². The number of amides is 1. The minimum atomic E-state index is -1.49. The highest BCUT2D eigenvalue weighted by atomic mass is 35.5. The van der Waals surface area contributed by atoms with Gasteiger partial charge in [0.1, 0.15) is 5.54 Å². The number of carboxylic acids is 1. The number of aliphatic carboxylic acids is 1. The molecule has 102 valence electrons. The number of non-ortho nitro benzene ring substituents is 1. The first-order valence-electron chi connectivity index (χ1n) is 5.14. The smallest absolute Gasteiger partial charge is 0.328 e. The molecule has 1 aromatic rings. The van der Waals surface area contributed by atoms with Crippen molar-refractivity contribution in [1.82, 2.24) is 5.32 Å². The van der Waals surface area contributed by atoms with E-state index in [1.807, 2.05) is 0 Å². The van der Waals surface area contributed by atoms with Crippen LogP contribution in [0.15, 0.2) is 18.2 Å². The highest BCUT2D eigenvalue weighted by Crippen LogP contribution is 2.21. The molecule has 19 heavy (non-hydrogen) atoms. The number of nitro benzene ring substituents is 1. The molecule has 0 atom stereocenters. The zero-order valence-electron chi connectivity index (χ0n) is 10.1. The quantitative estimate of drug-likeness (QED) is 0.648. The van der Waals surface area contributed by atoms with Crippen molar-refractivity contribution in [2.75, 3.05) is 0 Å². The van der Waals surface area contributed by atoms with Crippen molar-refractivity contribution < 1.29 is 19.6 Å². The predicted molar refractivity (Wildman–Crippen MR) is 67.3 cm³/mol. The van der Waals surface area contributed by atoms with E-state index >= 15 is 0 Å². The molecule has 0 bridgehead atoms. The number of hydrogen-bond donors (Lipinski definition) is 2. The molecule has 2 N–H and O–H groups in total. The van der Waals surface area contributed by atoms with Crippen molar-refractivity contribution in [2.45, 2.75) is 19.4 Å². The maximum atomic E-state index is 11.8. The molecule has 7 nitrogen and oxygen atoms in total. The highest BCUT2D eigenvalue weighted by Gasteiger charge is 2.29. The second-order valence-corrected chi connectivity index (χ2v) is 4.78. The summed E-state index contributed by atoms with van der Waals surface area (Å²) in [5.41, 5.74) is -1.91. The monoisotopic (exact) mass is 286 g/mol. The largest absolute Gasteiger partial charge is 0.480 e. The van der Waals surface area contributed by atoms with Gasteiger partial charge in [-0.15, -0.1) is 0 Å². The Morgan fingerprint density at radius 2 is 1.95 bits per heavy atom. The van der Waals surface area contributed by atoms with Crippen LogP contribution in [0.2, 0.25) is 5.02 Å². The van der Waals surface area contributed by atoms with Gasteiger partial charge in [-0.25, -0.2) is 4.79 Å². The molecule has 0 aliphatic heterocycles. The lowest BCUT2D eigenvalue weighted by Crippen LogP contribution is -2.49. The lowest BCUT2D eigenvalue weighted by molar-refractivity contribution is -0.384. The standard InChI is InChI=1S/C11H11ClN2O5/c1-11(2,10(16)17)13-9(15)6-3-7(12)5-8(4-6)14(18)19/h3-5H,1-2H3,(H,13,15)(H,16,17). The number of carbonyl (C=O) groups is 2. The van der Waals surface area contributed by atoms with Gasteiger partial charge < -0.3 is 10.4 Å². The van der Waals surface area contributed by atoms with Crippen LogP contribution in [0.4, 0.5) is 5.69 Å². The van der Waals surface area contributed by atoms with Crippen LogP contribution in [0.25, 0.3) is 0 Å². The lowest BCUT2D eigenvalue weighted by Gasteiger charge is -2.20. The number of nitrogens with one attached hydrogen (secondary N) is 1. The average molecular weight is 287 g/mol. The van der Waals surface area contributed by atoms with E-state index in [-0.39, 0.29) is 16.3 Å². The van der Waals surface area contributed by atoms with Crippen LogP contribution in [0.5, 0.6) is 0 Å². The number of nitrogens with zero attached hydrogens (tertiary/aromatic N) is 1. The molecule has 0 saturated carbocycles. The summed E-state index contributed by atoms with van der Waals surface area (Å²) in [5.74, 6) is -1.98. The summed E-state index contributed by atoms with van der Waals surface area (Å²) >= 11 is 5.67. The van der Waals surface area contributed by atoms with Crippen molar-refractivity contribution in [3.05, 3.63) is 38.9 Å². The number of hydrogen-bond acceptors (Lipinski definition) is 4. The molecular formula is C11H11ClN2O5. The molecular weight excluding hydrogens is 276 g/mol. The summed E-state index contributed by atoms with van der Waals surface area (Å²) in [7, 11) is 0. The second kappa shape index (κ2) is 5.23. The Kier molecular flexibility index (Phi) is 4.10. The summed E-state index contributed by atoms with van der Waals surface area (Å²) in [6.45, 7) is 2.60. The number of carboxylic acid groups (broad SMARTS) is 1. The van der Waals surface area contributed by atoms with Crippen molar-refractivity contribution in [3.63, 3.8) is 0 Å². The number of rotatable bonds is 4. The van der Waals surface area contributed by atoms with Gasteiger partial charge >= 0.3 is 5.97 Å². The summed E-state index contributed by atoms with van der Waals surface area (Å²) < 4.78 is 0. The van der Waals surface area contributed by atoms with E-state index in [4.69, 9.17) is 16.7 Å². The maximum absolute atomic E-state index is 11.8. The van der Waals surface area contributed by atoms with E-state index in [1.165, 1.54) is 19.9 Å². The van der Waals surface area contributed by atoms with Crippen LogP contribution >= 0.6 is 11.6 Å². The third-order valence-corrected chi connectivity index (χ3v) is 2.53. The molecule has 8 heteroatoms. The Morgan fingerprint density at radius 3 is 2.42 bits per heavy atom. The zero-order chi connectivity index (χ0) is 14.8. The third kappa shape index (κ3) is 3.65. The van der Waals surface area contributed by atoms with Gasteiger partial charge in [0.15, 0.2) is 0 Å². The molecule has 0 aromatic heterocycles. The molecule has 0 saturated heterocycles. The summed E-state index contributed by atoms with van der Waals surface area (Å²) in [5, 5.41) is 21.8. The molecule has 0 radical (unpaired) electrons. The second-order valence-electron chi connectivity index (χ2n) is 4.34. The molecule has 0 fully saturated rings. The van der Waals surface area contributed by atoms with E-state index in [0.29, 0.717) is 0 Å². The first-order valence-corrected chi connectivity index (χ1v) is 5.52. The van der Waals surface area contributed by atoms with Crippen LogP contribution in [-0.2, 0) is 4.79 Å². The van der Waals surface area contributed by atoms with Crippen molar-refractivity contribution >= 4 is 29.2 Å². The third-order valence-electron chi connectivity index (χ3n) is 2.32. The van der Waals surface area contributed by atoms with E-state index in [9.17, 15) is 19.7 Å². The van der Waals surface area contributed by atoms with Gasteiger partial charge in [0, 0.05) is 22.7 Å². The molecule has 1 aromatic carbocycles. The van der Waals surface area contributed by atoms with E-state index < -0.39 is 22.3 Å². The van der Waals surface area contributed by atoms with E-state index in [1.54, 1.807) is 0 Å². The fourth-order valence-electron chi connectivity index (χ4n) is 1.22. The number of carbonyl (C=O) groups excluding carboxylic acids is 1. The lowest BCUT2D eigenvalue weighted by atomic mass is 10.1. The minimum Gasteiger partial charge on any atom is -0.480 e. The van der Waals surface area contributed by atoms with Crippen molar-refractivity contribution in [1.29, 1.82) is 0 Å². The van der Waals surface area contributed by atoms with Crippen molar-refractivity contribution in [3.8, 4) is 0 Å². The molecule has 0 aliphatic rings. The van der Waals surface area contributed by atoms with Crippen LogP contribution in [-0.4, -0.2) is 27.4 Å². The van der Waals surface area contributed by atoms with Crippen LogP contribution in [0.1, 0.15) is 24.2 Å². The van der Waals surface area contributed by atoms with Crippen LogP contribution in [0, 0.1) is 10.1 Å². The number of benzene rings is 1. The predicted octanol–water partition coefficient (Wildman–Crippen LogP) is 1.84. The van der Waals surface area contributed by atoms with Gasteiger partial charge in [0.05, 0.1) is 4.92 Å². The highest BCUT2D eigenvalue weighted by molar-refractivity contribution is 6.31. The van der Waals surface area contributed by atoms with Gasteiger partial charge in [-0.1, -0.05) is 11.6 Å². The topological polar surface area (TPSA) is 110 Å². The molecule has 1 amide bonds. The Balaban J connectivity index is 3.07. The summed E-state index contributed by atoms with van der Waals surface area (Å²) in [6, 6.07) is 3.35. The summed E-state index contributed by atoms with van der Waals surface area (Å²) in [6.07, 6.45) is 0. The SMILES string of the molecule is CC(C)(NC(=O)c1cc(Cl)cc([N+](=O)[O-])c1)C(=O)O. The fraction of sp³-hybridized carbons (Fsp3) is 0.273. The van der Waals surface area contributed by atoms with Gasteiger partial charge in [0.2, 0.25) is 0 Å². The average Bonchev–Trinajstić information content (AvgIpc) is 2.27. The fourth-order valence-corrected chi connectivity index (χ4v) is 1.45. The van der Waals surface area contributed by atoms with Gasteiger partial charge in [-0.2, -0.15) is 0 Å². The Hall–Kier alpha value is -2.15. The normalized spacial score (nSPS) is 10.9. The molecule has 0 aliphatic carbocycles.